The molecule has 0 aromatic heterocycles. The number of rotatable bonds is 3. The van der Waals surface area contributed by atoms with E-state index in [1.165, 1.54) is 12.1 Å². The van der Waals surface area contributed by atoms with Crippen LogP contribution in [0.3, 0.4) is 0 Å². The second-order valence-corrected chi connectivity index (χ2v) is 5.94. The van der Waals surface area contributed by atoms with E-state index in [2.05, 4.69) is 4.90 Å². The molecule has 0 spiro atoms. The van der Waals surface area contributed by atoms with Crippen molar-refractivity contribution in [3.63, 3.8) is 0 Å². The van der Waals surface area contributed by atoms with Gasteiger partial charge in [0.1, 0.15) is 5.82 Å². The van der Waals surface area contributed by atoms with E-state index in [0.29, 0.717) is 18.1 Å². The summed E-state index contributed by atoms with van der Waals surface area (Å²) in [4.78, 5) is 12.8. The summed E-state index contributed by atoms with van der Waals surface area (Å²) in [5.74, 6) is -0.668. The van der Waals surface area contributed by atoms with Crippen LogP contribution in [0.4, 0.5) is 4.39 Å². The van der Waals surface area contributed by atoms with E-state index >= 15 is 0 Å². The zero-order valence-electron chi connectivity index (χ0n) is 9.76. The van der Waals surface area contributed by atoms with Gasteiger partial charge in [0.15, 0.2) is 0 Å². The number of nitrogens with zero attached hydrogens (tertiary/aromatic N) is 1. The van der Waals surface area contributed by atoms with Crippen LogP contribution in [0.15, 0.2) is 18.2 Å². The van der Waals surface area contributed by atoms with E-state index in [9.17, 15) is 13.4 Å². The minimum atomic E-state index is -1.26. The monoisotopic (exact) mass is 271 g/mol. The van der Waals surface area contributed by atoms with Crippen molar-refractivity contribution in [2.24, 2.45) is 0 Å². The first-order chi connectivity index (χ1) is 8.56. The van der Waals surface area contributed by atoms with E-state index in [1.54, 1.807) is 6.07 Å². The normalized spacial score (nSPS) is 17.8. The van der Waals surface area contributed by atoms with Gasteiger partial charge in [0.25, 0.3) is 0 Å². The summed E-state index contributed by atoms with van der Waals surface area (Å²) in [6.07, 6.45) is 0. The van der Waals surface area contributed by atoms with Crippen molar-refractivity contribution in [1.29, 1.82) is 0 Å². The van der Waals surface area contributed by atoms with Gasteiger partial charge in [-0.2, -0.15) is 0 Å². The zero-order valence-corrected chi connectivity index (χ0v) is 10.6. The number of carbonyl (C=O) groups is 1. The van der Waals surface area contributed by atoms with Gasteiger partial charge in [-0.1, -0.05) is 6.07 Å². The van der Waals surface area contributed by atoms with Crippen LogP contribution >= 0.6 is 0 Å². The van der Waals surface area contributed by atoms with Gasteiger partial charge in [-0.3, -0.25) is 9.11 Å². The molecule has 1 aromatic rings. The highest BCUT2D eigenvalue weighted by molar-refractivity contribution is 7.85. The summed E-state index contributed by atoms with van der Waals surface area (Å²) in [6, 6.07) is 4.17. The molecule has 0 saturated carbocycles. The molecule has 0 atom stereocenters. The first kappa shape index (κ1) is 13.2. The molecule has 18 heavy (non-hydrogen) atoms. The molecule has 1 aliphatic rings. The third kappa shape index (κ3) is 3.14. The molecule has 0 amide bonds. The summed E-state index contributed by atoms with van der Waals surface area (Å²) in [7, 11) is -0.727. The first-order valence-corrected chi connectivity index (χ1v) is 7.14. The van der Waals surface area contributed by atoms with Gasteiger partial charge in [0, 0.05) is 41.9 Å². The molecular formula is C12H14FNO3S. The predicted molar refractivity (Wildman–Crippen MR) is 66.5 cm³/mol. The topological polar surface area (TPSA) is 57.6 Å². The number of aromatic carboxylic acids is 1. The van der Waals surface area contributed by atoms with E-state index in [4.69, 9.17) is 5.11 Å². The molecule has 2 rings (SSSR count). The lowest BCUT2D eigenvalue weighted by Gasteiger charge is -2.26. The Kier molecular flexibility index (Phi) is 4.08. The standard InChI is InChI=1S/C12H14FNO3S/c13-11-7-9(1-2-10(11)12(15)16)8-14-3-5-18(17)6-4-14/h1-2,7H,3-6,8H2,(H,15,16). The average molecular weight is 271 g/mol. The van der Waals surface area contributed by atoms with E-state index in [-0.39, 0.29) is 5.56 Å². The number of carboxylic acid groups (broad SMARTS) is 1. The highest BCUT2D eigenvalue weighted by Gasteiger charge is 2.16. The summed E-state index contributed by atoms with van der Waals surface area (Å²) in [5, 5.41) is 8.72. The van der Waals surface area contributed by atoms with Crippen molar-refractivity contribution >= 4 is 16.8 Å². The smallest absolute Gasteiger partial charge is 0.338 e. The number of hydrogen-bond donors (Lipinski definition) is 1. The molecule has 1 fully saturated rings. The second kappa shape index (κ2) is 5.58. The van der Waals surface area contributed by atoms with Crippen LogP contribution in [0.2, 0.25) is 0 Å². The molecule has 0 radical (unpaired) electrons. The number of hydrogen-bond acceptors (Lipinski definition) is 3. The van der Waals surface area contributed by atoms with Gasteiger partial charge < -0.3 is 5.11 Å². The number of halogens is 1. The quantitative estimate of drug-likeness (QED) is 0.894. The fourth-order valence-corrected chi connectivity index (χ4v) is 3.05. The van der Waals surface area contributed by atoms with Crippen molar-refractivity contribution < 1.29 is 18.5 Å². The first-order valence-electron chi connectivity index (χ1n) is 5.65. The van der Waals surface area contributed by atoms with Gasteiger partial charge in [-0.25, -0.2) is 9.18 Å². The molecular weight excluding hydrogens is 257 g/mol. The molecule has 4 nitrogen and oxygen atoms in total. The Morgan fingerprint density at radius 3 is 2.61 bits per heavy atom. The predicted octanol–water partition coefficient (Wildman–Crippen LogP) is 1.09. The van der Waals surface area contributed by atoms with E-state index < -0.39 is 22.6 Å². The maximum atomic E-state index is 13.5. The molecule has 0 bridgehead atoms. The maximum absolute atomic E-state index is 13.5. The van der Waals surface area contributed by atoms with Crippen molar-refractivity contribution in [2.75, 3.05) is 24.6 Å². The molecule has 98 valence electrons. The Labute approximate surface area is 107 Å². The SMILES string of the molecule is O=C(O)c1ccc(CN2CCS(=O)CC2)cc1F. The summed E-state index contributed by atoms with van der Waals surface area (Å²) in [6.45, 7) is 2.03. The van der Waals surface area contributed by atoms with Crippen LogP contribution in [-0.4, -0.2) is 44.8 Å². The summed E-state index contributed by atoms with van der Waals surface area (Å²) in [5.41, 5.74) is 0.434. The van der Waals surface area contributed by atoms with Gasteiger partial charge >= 0.3 is 5.97 Å². The average Bonchev–Trinajstić information content (AvgIpc) is 2.32. The molecule has 6 heteroatoms. The van der Waals surface area contributed by atoms with E-state index in [0.717, 1.165) is 18.7 Å². The Morgan fingerprint density at radius 2 is 2.06 bits per heavy atom. The van der Waals surface area contributed by atoms with Crippen molar-refractivity contribution in [3.05, 3.63) is 35.1 Å². The molecule has 0 aliphatic carbocycles. The third-order valence-electron chi connectivity index (χ3n) is 2.94. The van der Waals surface area contributed by atoms with Gasteiger partial charge in [-0.15, -0.1) is 0 Å². The van der Waals surface area contributed by atoms with Gasteiger partial charge in [0.2, 0.25) is 0 Å². The van der Waals surface area contributed by atoms with Crippen LogP contribution in [-0.2, 0) is 17.3 Å². The molecule has 1 aliphatic heterocycles. The third-order valence-corrected chi connectivity index (χ3v) is 4.22. The molecule has 1 aromatic carbocycles. The fraction of sp³-hybridized carbons (Fsp3) is 0.417. The van der Waals surface area contributed by atoms with Crippen LogP contribution < -0.4 is 0 Å². The minimum Gasteiger partial charge on any atom is -0.478 e. The second-order valence-electron chi connectivity index (χ2n) is 4.24. The molecule has 1 heterocycles. The zero-order chi connectivity index (χ0) is 13.1. The fourth-order valence-electron chi connectivity index (χ4n) is 1.92. The highest BCUT2D eigenvalue weighted by Crippen LogP contribution is 2.13. The number of carboxylic acids is 1. The van der Waals surface area contributed by atoms with Crippen molar-refractivity contribution in [3.8, 4) is 0 Å². The summed E-state index contributed by atoms with van der Waals surface area (Å²) >= 11 is 0. The van der Waals surface area contributed by atoms with Crippen molar-refractivity contribution in [1.82, 2.24) is 4.90 Å². The maximum Gasteiger partial charge on any atom is 0.338 e. The van der Waals surface area contributed by atoms with Crippen molar-refractivity contribution in [2.45, 2.75) is 6.54 Å². The lowest BCUT2D eigenvalue weighted by molar-refractivity contribution is 0.0692. The van der Waals surface area contributed by atoms with Crippen LogP contribution in [0, 0.1) is 5.82 Å². The van der Waals surface area contributed by atoms with Gasteiger partial charge in [-0.05, 0) is 17.7 Å². The minimum absolute atomic E-state index is 0.307. The van der Waals surface area contributed by atoms with E-state index in [1.807, 2.05) is 0 Å². The van der Waals surface area contributed by atoms with Gasteiger partial charge in [0.05, 0.1) is 5.56 Å². The molecule has 1 saturated heterocycles. The number of benzene rings is 1. The molecule has 1 N–H and O–H groups in total. The Balaban J connectivity index is 2.04. The van der Waals surface area contributed by atoms with Crippen LogP contribution in [0.5, 0.6) is 0 Å². The molecule has 0 unspecified atom stereocenters. The Morgan fingerprint density at radius 1 is 1.39 bits per heavy atom. The largest absolute Gasteiger partial charge is 0.478 e. The van der Waals surface area contributed by atoms with Crippen LogP contribution in [0.1, 0.15) is 15.9 Å². The highest BCUT2D eigenvalue weighted by atomic mass is 32.2. The lowest BCUT2D eigenvalue weighted by atomic mass is 10.1. The Bertz CT molecular complexity index is 482. The summed E-state index contributed by atoms with van der Waals surface area (Å²) < 4.78 is 24.7. The van der Waals surface area contributed by atoms with Crippen LogP contribution in [0.25, 0.3) is 0 Å². The Hall–Kier alpha value is -1.27. The lowest BCUT2D eigenvalue weighted by Crippen LogP contribution is -2.37.